The fourth-order valence-electron chi connectivity index (χ4n) is 1.39. The molecule has 0 spiro atoms. The van der Waals surface area contributed by atoms with Crippen molar-refractivity contribution >= 4 is 11.6 Å². The van der Waals surface area contributed by atoms with Crippen LogP contribution in [0.2, 0.25) is 0 Å². The Morgan fingerprint density at radius 2 is 2.20 bits per heavy atom. The predicted molar refractivity (Wildman–Crippen MR) is 56.5 cm³/mol. The molecular formula is C11H12N2O2. The molecule has 1 N–H and O–H groups in total. The van der Waals surface area contributed by atoms with Crippen molar-refractivity contribution in [3.05, 3.63) is 35.9 Å². The number of oxime groups is 1. The number of benzene rings is 1. The summed E-state index contributed by atoms with van der Waals surface area (Å²) in [6, 6.07) is 9.05. The number of hydrogen-bond donors (Lipinski definition) is 1. The Bertz CT molecular complexity index is 387. The number of rotatable bonds is 2. The smallest absolute Gasteiger partial charge is 0.254 e. The van der Waals surface area contributed by atoms with E-state index in [1.165, 1.54) is 0 Å². The van der Waals surface area contributed by atoms with Gasteiger partial charge in [0.15, 0.2) is 0 Å². The van der Waals surface area contributed by atoms with Gasteiger partial charge in [-0.3, -0.25) is 4.79 Å². The lowest BCUT2D eigenvalue weighted by Crippen LogP contribution is -2.34. The van der Waals surface area contributed by atoms with E-state index < -0.39 is 0 Å². The van der Waals surface area contributed by atoms with Crippen LogP contribution in [-0.2, 0) is 4.84 Å². The highest BCUT2D eigenvalue weighted by molar-refractivity contribution is 5.94. The molecule has 0 radical (unpaired) electrons. The van der Waals surface area contributed by atoms with Gasteiger partial charge in [0, 0.05) is 12.0 Å². The first-order chi connectivity index (χ1) is 7.25. The summed E-state index contributed by atoms with van der Waals surface area (Å²) in [5.74, 6) is -0.134. The maximum absolute atomic E-state index is 11.7. The third-order valence-corrected chi connectivity index (χ3v) is 2.14. The van der Waals surface area contributed by atoms with Crippen LogP contribution in [0, 0.1) is 0 Å². The second-order valence-electron chi connectivity index (χ2n) is 3.46. The number of hydrogen-bond acceptors (Lipinski definition) is 3. The first-order valence-corrected chi connectivity index (χ1v) is 4.81. The van der Waals surface area contributed by atoms with Gasteiger partial charge in [0.2, 0.25) is 6.23 Å². The summed E-state index contributed by atoms with van der Waals surface area (Å²) >= 11 is 0. The maximum atomic E-state index is 11.7. The van der Waals surface area contributed by atoms with Crippen molar-refractivity contribution in [2.45, 2.75) is 19.6 Å². The van der Waals surface area contributed by atoms with E-state index in [9.17, 15) is 4.79 Å². The molecule has 1 heterocycles. The molecule has 1 aliphatic heterocycles. The Morgan fingerprint density at radius 3 is 2.80 bits per heavy atom. The van der Waals surface area contributed by atoms with Crippen molar-refractivity contribution < 1.29 is 9.63 Å². The van der Waals surface area contributed by atoms with Gasteiger partial charge in [-0.05, 0) is 19.1 Å². The molecule has 15 heavy (non-hydrogen) atoms. The van der Waals surface area contributed by atoms with E-state index in [2.05, 4.69) is 10.5 Å². The van der Waals surface area contributed by atoms with Crippen LogP contribution in [0.25, 0.3) is 0 Å². The fraction of sp³-hybridized carbons (Fsp3) is 0.273. The minimum atomic E-state index is -0.322. The number of carbonyl (C=O) groups is 1. The third-order valence-electron chi connectivity index (χ3n) is 2.14. The molecule has 0 fully saturated rings. The van der Waals surface area contributed by atoms with Crippen LogP contribution in [0.1, 0.15) is 23.7 Å². The maximum Gasteiger partial charge on any atom is 0.254 e. The number of nitrogens with zero attached hydrogens (tertiary/aromatic N) is 1. The average molecular weight is 204 g/mol. The van der Waals surface area contributed by atoms with Crippen LogP contribution in [0.4, 0.5) is 0 Å². The summed E-state index contributed by atoms with van der Waals surface area (Å²) in [5, 5.41) is 6.52. The summed E-state index contributed by atoms with van der Waals surface area (Å²) in [6.45, 7) is 1.87. The zero-order valence-corrected chi connectivity index (χ0v) is 8.43. The summed E-state index contributed by atoms with van der Waals surface area (Å²) < 4.78 is 0. The lowest BCUT2D eigenvalue weighted by Gasteiger charge is -2.10. The normalized spacial score (nSPS) is 19.3. The van der Waals surface area contributed by atoms with Gasteiger partial charge in [0.25, 0.3) is 5.91 Å². The van der Waals surface area contributed by atoms with Crippen LogP contribution in [-0.4, -0.2) is 17.8 Å². The van der Waals surface area contributed by atoms with Gasteiger partial charge in [-0.1, -0.05) is 23.4 Å². The van der Waals surface area contributed by atoms with Crippen LogP contribution in [0.5, 0.6) is 0 Å². The van der Waals surface area contributed by atoms with Crippen LogP contribution < -0.4 is 5.32 Å². The third kappa shape index (κ3) is 2.34. The van der Waals surface area contributed by atoms with E-state index in [1.807, 2.05) is 25.1 Å². The molecule has 78 valence electrons. The lowest BCUT2D eigenvalue weighted by molar-refractivity contribution is 0.0502. The second kappa shape index (κ2) is 4.13. The van der Waals surface area contributed by atoms with Gasteiger partial charge in [-0.2, -0.15) is 0 Å². The zero-order chi connectivity index (χ0) is 10.7. The van der Waals surface area contributed by atoms with Gasteiger partial charge < -0.3 is 10.2 Å². The van der Waals surface area contributed by atoms with Gasteiger partial charge in [-0.25, -0.2) is 0 Å². The second-order valence-corrected chi connectivity index (χ2v) is 3.46. The van der Waals surface area contributed by atoms with Crippen LogP contribution in [0.15, 0.2) is 35.5 Å². The first kappa shape index (κ1) is 9.71. The standard InChI is InChI=1S/C11H12N2O2/c1-8-7-10(15-13-8)12-11(14)9-5-3-2-4-6-9/h2-6,10H,7H2,1H3,(H,12,14). The first-order valence-electron chi connectivity index (χ1n) is 4.81. The number of nitrogens with one attached hydrogen (secondary N) is 1. The molecule has 1 aliphatic rings. The van der Waals surface area contributed by atoms with E-state index in [0.717, 1.165) is 5.71 Å². The average Bonchev–Trinajstić information content (AvgIpc) is 2.65. The van der Waals surface area contributed by atoms with Gasteiger partial charge in [-0.15, -0.1) is 0 Å². The Morgan fingerprint density at radius 1 is 1.47 bits per heavy atom. The molecular weight excluding hydrogens is 192 g/mol. The highest BCUT2D eigenvalue weighted by atomic mass is 16.7. The van der Waals surface area contributed by atoms with E-state index in [0.29, 0.717) is 12.0 Å². The molecule has 1 aromatic rings. The van der Waals surface area contributed by atoms with Crippen molar-refractivity contribution in [3.8, 4) is 0 Å². The van der Waals surface area contributed by atoms with Gasteiger partial charge in [0.05, 0.1) is 5.71 Å². The monoisotopic (exact) mass is 204 g/mol. The summed E-state index contributed by atoms with van der Waals surface area (Å²) in [7, 11) is 0. The van der Waals surface area contributed by atoms with E-state index in [1.54, 1.807) is 12.1 Å². The summed E-state index contributed by atoms with van der Waals surface area (Å²) in [6.07, 6.45) is 0.330. The summed E-state index contributed by atoms with van der Waals surface area (Å²) in [4.78, 5) is 16.7. The highest BCUT2D eigenvalue weighted by Crippen LogP contribution is 2.08. The molecule has 0 aliphatic carbocycles. The molecule has 1 atom stereocenters. The molecule has 0 saturated carbocycles. The molecule has 0 saturated heterocycles. The van der Waals surface area contributed by atoms with Crippen molar-refractivity contribution in [2.75, 3.05) is 0 Å². The van der Waals surface area contributed by atoms with Crippen molar-refractivity contribution in [1.82, 2.24) is 5.32 Å². The predicted octanol–water partition coefficient (Wildman–Crippen LogP) is 1.54. The molecule has 1 amide bonds. The quantitative estimate of drug-likeness (QED) is 0.794. The van der Waals surface area contributed by atoms with Crippen molar-refractivity contribution in [3.63, 3.8) is 0 Å². The molecule has 4 nitrogen and oxygen atoms in total. The fourth-order valence-corrected chi connectivity index (χ4v) is 1.39. The highest BCUT2D eigenvalue weighted by Gasteiger charge is 2.20. The molecule has 1 aromatic carbocycles. The minimum absolute atomic E-state index is 0.134. The van der Waals surface area contributed by atoms with Crippen LogP contribution >= 0.6 is 0 Å². The minimum Gasteiger partial charge on any atom is -0.370 e. The van der Waals surface area contributed by atoms with Crippen molar-refractivity contribution in [2.24, 2.45) is 5.16 Å². The molecule has 2 rings (SSSR count). The Hall–Kier alpha value is -1.84. The van der Waals surface area contributed by atoms with E-state index in [-0.39, 0.29) is 12.1 Å². The SMILES string of the molecule is CC1=NOC(NC(=O)c2ccccc2)C1. The summed E-state index contributed by atoms with van der Waals surface area (Å²) in [5.41, 5.74) is 1.53. The molecule has 0 bridgehead atoms. The van der Waals surface area contributed by atoms with E-state index >= 15 is 0 Å². The number of carbonyl (C=O) groups excluding carboxylic acids is 1. The zero-order valence-electron chi connectivity index (χ0n) is 8.43. The number of amides is 1. The Labute approximate surface area is 87.9 Å². The van der Waals surface area contributed by atoms with Crippen molar-refractivity contribution in [1.29, 1.82) is 0 Å². The molecule has 1 unspecified atom stereocenters. The van der Waals surface area contributed by atoms with Gasteiger partial charge in [0.1, 0.15) is 0 Å². The van der Waals surface area contributed by atoms with Gasteiger partial charge >= 0.3 is 0 Å². The largest absolute Gasteiger partial charge is 0.370 e. The van der Waals surface area contributed by atoms with E-state index in [4.69, 9.17) is 4.84 Å². The Balaban J connectivity index is 1.94. The lowest BCUT2D eigenvalue weighted by atomic mass is 10.2. The Kier molecular flexibility index (Phi) is 2.67. The van der Waals surface area contributed by atoms with Crippen LogP contribution in [0.3, 0.4) is 0 Å². The molecule has 0 aromatic heterocycles. The molecule has 4 heteroatoms. The topological polar surface area (TPSA) is 50.7 Å².